The highest BCUT2D eigenvalue weighted by atomic mass is 16.6. The first-order valence-corrected chi connectivity index (χ1v) is 20.5. The summed E-state index contributed by atoms with van der Waals surface area (Å²) in [6, 6.07) is 17.8. The van der Waals surface area contributed by atoms with E-state index in [0.29, 0.717) is 22.3 Å². The van der Waals surface area contributed by atoms with Gasteiger partial charge in [-0.25, -0.2) is 0 Å². The Morgan fingerprint density at radius 1 is 0.774 bits per heavy atom. The predicted octanol–water partition coefficient (Wildman–Crippen LogP) is 5.31. The van der Waals surface area contributed by atoms with Gasteiger partial charge >= 0.3 is 23.9 Å². The Kier molecular flexibility index (Phi) is 11.5. The van der Waals surface area contributed by atoms with Gasteiger partial charge in [-0.3, -0.25) is 24.0 Å². The van der Waals surface area contributed by atoms with E-state index in [1.54, 1.807) is 56.3 Å². The number of hydrogen-bond donors (Lipinski definition) is 3. The normalized spacial score (nSPS) is 29.0. The lowest BCUT2D eigenvalue weighted by molar-refractivity contribution is -0.231. The molecule has 2 fully saturated rings. The van der Waals surface area contributed by atoms with Crippen LogP contribution in [0.4, 0.5) is 0 Å². The second kappa shape index (κ2) is 16.3. The van der Waals surface area contributed by atoms with Gasteiger partial charge in [-0.2, -0.15) is 0 Å². The minimum atomic E-state index is -2.07. The SMILES string of the molecule is COc1cc(CC(=O)OCC2=C[C@H]3[C@@H]4C(C)(C)[C@]4(OC(C)=O)[C@H](OC(=O)Cc4ccccc4)[C@@H](C)[C@]3(O)[C@@H]3C=C(C)C(=O)[C@]3(OC(=O)Cc3ccc(O)c(OC)c3)C2)ccc1O. The third-order valence-corrected chi connectivity index (χ3v) is 13.4. The number of ether oxygens (including phenoxy) is 6. The van der Waals surface area contributed by atoms with Crippen molar-refractivity contribution in [1.29, 1.82) is 0 Å². The molecule has 8 atom stereocenters. The van der Waals surface area contributed by atoms with Crippen molar-refractivity contribution in [2.24, 2.45) is 29.1 Å². The number of aromatic hydroxyl groups is 2. The van der Waals surface area contributed by atoms with Crippen LogP contribution in [0.3, 0.4) is 0 Å². The molecule has 14 nitrogen and oxygen atoms in total. The van der Waals surface area contributed by atoms with Gasteiger partial charge in [0.1, 0.15) is 12.7 Å². The summed E-state index contributed by atoms with van der Waals surface area (Å²) in [4.78, 5) is 69.2. The lowest BCUT2D eigenvalue weighted by Gasteiger charge is -2.53. The number of hydrogen-bond acceptors (Lipinski definition) is 14. The van der Waals surface area contributed by atoms with Crippen LogP contribution in [-0.2, 0) is 62.2 Å². The number of fused-ring (bicyclic) bond motifs is 5. The predicted molar refractivity (Wildman–Crippen MR) is 221 cm³/mol. The summed E-state index contributed by atoms with van der Waals surface area (Å²) < 4.78 is 35.2. The molecule has 4 aliphatic rings. The maximum Gasteiger partial charge on any atom is 0.311 e. The highest BCUT2D eigenvalue weighted by Gasteiger charge is 2.88. The zero-order valence-corrected chi connectivity index (χ0v) is 35.8. The molecule has 0 bridgehead atoms. The van der Waals surface area contributed by atoms with Gasteiger partial charge in [0.2, 0.25) is 5.78 Å². The van der Waals surface area contributed by atoms with E-state index in [9.17, 15) is 39.3 Å². The van der Waals surface area contributed by atoms with Crippen LogP contribution in [0.5, 0.6) is 23.0 Å². The van der Waals surface area contributed by atoms with Gasteiger partial charge in [-0.05, 0) is 59.0 Å². The van der Waals surface area contributed by atoms with Crippen LogP contribution in [0.1, 0.15) is 57.7 Å². The first-order valence-electron chi connectivity index (χ1n) is 20.5. The van der Waals surface area contributed by atoms with E-state index < -0.39 is 81.7 Å². The summed E-state index contributed by atoms with van der Waals surface area (Å²) in [6.07, 6.45) is 1.18. The first kappa shape index (κ1) is 43.9. The van der Waals surface area contributed by atoms with E-state index in [4.69, 9.17) is 28.4 Å². The molecule has 0 aliphatic heterocycles. The lowest BCUT2D eigenvalue weighted by atomic mass is 9.59. The maximum absolute atomic E-state index is 14.7. The summed E-state index contributed by atoms with van der Waals surface area (Å²) in [5.74, 6) is -7.15. The molecule has 0 amide bonds. The van der Waals surface area contributed by atoms with E-state index in [0.717, 1.165) is 0 Å². The Hall–Kier alpha value is -6.15. The van der Waals surface area contributed by atoms with Gasteiger partial charge in [0.15, 0.2) is 34.2 Å². The molecule has 4 aliphatic carbocycles. The number of phenols is 2. The monoisotopic (exact) mass is 852 g/mol. The van der Waals surface area contributed by atoms with E-state index in [2.05, 4.69) is 0 Å². The first-order chi connectivity index (χ1) is 29.3. The van der Waals surface area contributed by atoms with Crippen molar-refractivity contribution in [1.82, 2.24) is 0 Å². The Balaban J connectivity index is 1.31. The summed E-state index contributed by atoms with van der Waals surface area (Å²) in [5, 5.41) is 33.9. The number of phenolic OH excluding ortho intramolecular Hbond substituents is 2. The molecule has 2 saturated carbocycles. The summed E-state index contributed by atoms with van der Waals surface area (Å²) in [7, 11) is 2.75. The van der Waals surface area contributed by atoms with Crippen molar-refractivity contribution in [3.8, 4) is 23.0 Å². The quantitative estimate of drug-likeness (QED) is 0.113. The number of aliphatic hydroxyl groups is 1. The molecular weight excluding hydrogens is 801 g/mol. The minimum Gasteiger partial charge on any atom is -0.504 e. The van der Waals surface area contributed by atoms with Crippen LogP contribution in [0.2, 0.25) is 0 Å². The van der Waals surface area contributed by atoms with Gasteiger partial charge in [0, 0.05) is 36.5 Å². The Labute approximate surface area is 359 Å². The minimum absolute atomic E-state index is 0.104. The average Bonchev–Trinajstić information content (AvgIpc) is 3.64. The second-order valence-electron chi connectivity index (χ2n) is 17.4. The fraction of sp³-hybridized carbons (Fsp3) is 0.438. The Bertz CT molecular complexity index is 2370. The fourth-order valence-corrected chi connectivity index (χ4v) is 10.6. The third kappa shape index (κ3) is 7.37. The average molecular weight is 853 g/mol. The van der Waals surface area contributed by atoms with Gasteiger partial charge in [0.25, 0.3) is 0 Å². The molecule has 7 rings (SSSR count). The van der Waals surface area contributed by atoms with Crippen LogP contribution in [0.15, 0.2) is 90.0 Å². The number of benzene rings is 3. The number of Topliss-reactive ketones (excluding diaryl/α,β-unsaturated/α-hetero) is 1. The molecule has 62 heavy (non-hydrogen) atoms. The molecular formula is C48H52O14. The molecule has 0 saturated heterocycles. The van der Waals surface area contributed by atoms with Crippen molar-refractivity contribution in [3.05, 3.63) is 107 Å². The van der Waals surface area contributed by atoms with Crippen LogP contribution >= 0.6 is 0 Å². The number of esters is 4. The molecule has 14 heteroatoms. The summed E-state index contributed by atoms with van der Waals surface area (Å²) in [6.45, 7) is 7.87. The molecule has 0 heterocycles. The molecule has 0 spiro atoms. The van der Waals surface area contributed by atoms with Crippen molar-refractivity contribution in [2.75, 3.05) is 20.8 Å². The Morgan fingerprint density at radius 2 is 1.35 bits per heavy atom. The molecule has 0 aromatic heterocycles. The molecule has 3 aromatic rings. The molecule has 3 N–H and O–H groups in total. The van der Waals surface area contributed by atoms with Crippen molar-refractivity contribution in [3.63, 3.8) is 0 Å². The number of ketones is 1. The number of rotatable bonds is 13. The number of methoxy groups -OCH3 is 2. The smallest absolute Gasteiger partial charge is 0.311 e. The summed E-state index contributed by atoms with van der Waals surface area (Å²) in [5.41, 5.74) is -4.24. The Morgan fingerprint density at radius 3 is 1.94 bits per heavy atom. The molecule has 0 unspecified atom stereocenters. The molecule has 3 aromatic carbocycles. The van der Waals surface area contributed by atoms with Crippen molar-refractivity contribution < 1.29 is 67.7 Å². The maximum atomic E-state index is 14.7. The van der Waals surface area contributed by atoms with Crippen LogP contribution in [0, 0.1) is 29.1 Å². The highest BCUT2D eigenvalue weighted by Crippen LogP contribution is 2.77. The van der Waals surface area contributed by atoms with E-state index in [1.807, 2.05) is 19.9 Å². The fourth-order valence-electron chi connectivity index (χ4n) is 10.6. The zero-order valence-electron chi connectivity index (χ0n) is 35.8. The second-order valence-corrected chi connectivity index (χ2v) is 17.4. The third-order valence-electron chi connectivity index (χ3n) is 13.4. The molecule has 328 valence electrons. The van der Waals surface area contributed by atoms with Gasteiger partial charge in [-0.15, -0.1) is 0 Å². The van der Waals surface area contributed by atoms with Crippen LogP contribution in [-0.4, -0.2) is 88.7 Å². The van der Waals surface area contributed by atoms with Crippen LogP contribution < -0.4 is 9.47 Å². The van der Waals surface area contributed by atoms with Crippen LogP contribution in [0.25, 0.3) is 0 Å². The highest BCUT2D eigenvalue weighted by molar-refractivity contribution is 6.06. The van der Waals surface area contributed by atoms with E-state index in [-0.39, 0.29) is 60.9 Å². The van der Waals surface area contributed by atoms with E-state index >= 15 is 0 Å². The van der Waals surface area contributed by atoms with Crippen molar-refractivity contribution >= 4 is 29.7 Å². The van der Waals surface area contributed by atoms with Gasteiger partial charge in [0.05, 0.1) is 45.0 Å². The number of carbonyl (C=O) groups is 5. The zero-order chi connectivity index (χ0) is 44.9. The standard InChI is InChI=1S/C48H52O14/c1-26-17-38-46(43(26)55,62-41(54)23-31-14-16-35(51)37(20-31)58-7)24-32(25-59-39(52)22-30-13-15-34(50)36(19-30)57-6)18-33-42-45(4,5)48(42,61-28(3)49)44(27(2)47(33,38)56)60-40(53)21-29-11-9-8-10-12-29/h8-20,27,33,38,42,44,50-51,56H,21-25H2,1-7H3/t27-,33+,38-,42-,44-,46+,47-,48-/m1/s1. The summed E-state index contributed by atoms with van der Waals surface area (Å²) >= 11 is 0. The van der Waals surface area contributed by atoms with Gasteiger partial charge < -0.3 is 43.7 Å². The number of carbonyl (C=O) groups excluding carboxylic acids is 5. The lowest BCUT2D eigenvalue weighted by Crippen LogP contribution is -2.66. The van der Waals surface area contributed by atoms with E-state index in [1.165, 1.54) is 51.5 Å². The largest absolute Gasteiger partial charge is 0.504 e. The topological polar surface area (TPSA) is 201 Å². The molecule has 0 radical (unpaired) electrons. The van der Waals surface area contributed by atoms with Crippen molar-refractivity contribution in [2.45, 2.75) is 83.2 Å². The van der Waals surface area contributed by atoms with Gasteiger partial charge in [-0.1, -0.05) is 75.4 Å².